The maximum atomic E-state index is 12.3. The number of ether oxygens (including phenoxy) is 2. The van der Waals surface area contributed by atoms with E-state index in [0.717, 1.165) is 65.0 Å². The standard InChI is InChI=1S/C29H29NO3.CH4O/c1-32-25-11-5-9-22(15-25)17-30-18-24(19-31)29(27-13-2-3-14-28(27)30)23-10-6-12-26(16-23)33-20-21-7-4-8-21;1-2/h2-3,5-6,9-16,19,21H,4,7-8,17-18,20H2,1H3;2H,1H3. The number of fused-ring (bicyclic) bond motifs is 1. The van der Waals surface area contributed by atoms with Crippen LogP contribution in [-0.2, 0) is 11.3 Å². The van der Waals surface area contributed by atoms with Crippen molar-refractivity contribution in [2.45, 2.75) is 25.8 Å². The van der Waals surface area contributed by atoms with Gasteiger partial charge >= 0.3 is 0 Å². The number of methoxy groups -OCH3 is 1. The van der Waals surface area contributed by atoms with E-state index in [1.165, 1.54) is 19.3 Å². The number of para-hydroxylation sites is 1. The molecule has 35 heavy (non-hydrogen) atoms. The van der Waals surface area contributed by atoms with Crippen molar-refractivity contribution in [1.29, 1.82) is 0 Å². The number of hydrogen-bond donors (Lipinski definition) is 1. The first-order valence-corrected chi connectivity index (χ1v) is 12.1. The van der Waals surface area contributed by atoms with Gasteiger partial charge in [0, 0.05) is 37.0 Å². The van der Waals surface area contributed by atoms with Crippen LogP contribution in [0.4, 0.5) is 5.69 Å². The highest BCUT2D eigenvalue weighted by atomic mass is 16.5. The van der Waals surface area contributed by atoms with E-state index in [1.54, 1.807) is 7.11 Å². The first-order valence-electron chi connectivity index (χ1n) is 12.1. The minimum Gasteiger partial charge on any atom is -0.497 e. The summed E-state index contributed by atoms with van der Waals surface area (Å²) in [7, 11) is 2.68. The molecule has 0 saturated heterocycles. The van der Waals surface area contributed by atoms with Crippen molar-refractivity contribution in [3.63, 3.8) is 0 Å². The average molecular weight is 472 g/mol. The molecule has 0 spiro atoms. The molecule has 1 aliphatic carbocycles. The molecule has 1 aliphatic heterocycles. The molecule has 0 bridgehead atoms. The summed E-state index contributed by atoms with van der Waals surface area (Å²) in [6.45, 7) is 2.03. The third-order valence-corrected chi connectivity index (χ3v) is 6.68. The lowest BCUT2D eigenvalue weighted by Crippen LogP contribution is -2.30. The molecule has 0 unspecified atom stereocenters. The highest BCUT2D eigenvalue weighted by Crippen LogP contribution is 2.40. The summed E-state index contributed by atoms with van der Waals surface area (Å²) in [5, 5.41) is 7.00. The number of aliphatic hydroxyl groups excluding tert-OH is 1. The van der Waals surface area contributed by atoms with Gasteiger partial charge in [0.1, 0.15) is 17.8 Å². The Morgan fingerprint density at radius 1 is 0.971 bits per heavy atom. The Hall–Kier alpha value is -3.57. The van der Waals surface area contributed by atoms with Crippen LogP contribution in [0.2, 0.25) is 0 Å². The molecule has 5 heteroatoms. The second kappa shape index (κ2) is 11.7. The molecule has 0 radical (unpaired) electrons. The van der Waals surface area contributed by atoms with E-state index >= 15 is 0 Å². The Morgan fingerprint density at radius 2 is 1.74 bits per heavy atom. The lowest BCUT2D eigenvalue weighted by molar-refractivity contribution is -0.104. The van der Waals surface area contributed by atoms with Crippen molar-refractivity contribution in [1.82, 2.24) is 0 Å². The number of aliphatic hydroxyl groups is 1. The Labute approximate surface area is 207 Å². The molecule has 1 fully saturated rings. The molecule has 5 rings (SSSR count). The predicted octanol–water partition coefficient (Wildman–Crippen LogP) is 5.50. The van der Waals surface area contributed by atoms with E-state index in [9.17, 15) is 4.79 Å². The first kappa shape index (κ1) is 24.6. The molecular formula is C30H33NO4. The van der Waals surface area contributed by atoms with E-state index in [1.807, 2.05) is 36.4 Å². The quantitative estimate of drug-likeness (QED) is 0.440. The van der Waals surface area contributed by atoms with Gasteiger partial charge in [0.2, 0.25) is 0 Å². The predicted molar refractivity (Wildman–Crippen MR) is 140 cm³/mol. The lowest BCUT2D eigenvalue weighted by atomic mass is 9.86. The smallest absolute Gasteiger partial charge is 0.148 e. The summed E-state index contributed by atoms with van der Waals surface area (Å²) in [5.74, 6) is 2.38. The van der Waals surface area contributed by atoms with E-state index < -0.39 is 0 Å². The van der Waals surface area contributed by atoms with Crippen molar-refractivity contribution in [3.05, 3.63) is 95.1 Å². The van der Waals surface area contributed by atoms with Crippen LogP contribution < -0.4 is 14.4 Å². The van der Waals surface area contributed by atoms with E-state index in [2.05, 4.69) is 41.3 Å². The van der Waals surface area contributed by atoms with Crippen LogP contribution in [0.3, 0.4) is 0 Å². The van der Waals surface area contributed by atoms with Gasteiger partial charge in [0.15, 0.2) is 0 Å². The SMILES string of the molecule is CO.COc1cccc(CN2CC(C=O)=C(c3cccc(OCC4CCC4)c3)c3ccccc32)c1. The fraction of sp³-hybridized carbons (Fsp3) is 0.300. The van der Waals surface area contributed by atoms with E-state index in [-0.39, 0.29) is 0 Å². The molecule has 3 aromatic carbocycles. The molecule has 0 atom stereocenters. The molecule has 5 nitrogen and oxygen atoms in total. The average Bonchev–Trinajstić information content (AvgIpc) is 2.89. The zero-order valence-corrected chi connectivity index (χ0v) is 20.4. The fourth-order valence-electron chi connectivity index (χ4n) is 4.69. The van der Waals surface area contributed by atoms with Crippen LogP contribution >= 0.6 is 0 Å². The van der Waals surface area contributed by atoms with Gasteiger partial charge in [-0.2, -0.15) is 0 Å². The van der Waals surface area contributed by atoms with Crippen molar-refractivity contribution >= 4 is 17.5 Å². The van der Waals surface area contributed by atoms with Crippen molar-refractivity contribution in [2.75, 3.05) is 32.3 Å². The number of aldehydes is 1. The van der Waals surface area contributed by atoms with Crippen LogP contribution in [0.15, 0.2) is 78.4 Å². The van der Waals surface area contributed by atoms with E-state index in [0.29, 0.717) is 19.0 Å². The second-order valence-corrected chi connectivity index (χ2v) is 8.88. The number of carbonyl (C=O) groups is 1. The minimum atomic E-state index is 0.556. The van der Waals surface area contributed by atoms with Gasteiger partial charge in [-0.15, -0.1) is 0 Å². The molecule has 1 heterocycles. The summed E-state index contributed by atoms with van der Waals surface area (Å²) in [4.78, 5) is 14.5. The molecule has 3 aromatic rings. The van der Waals surface area contributed by atoms with Crippen LogP contribution in [0.5, 0.6) is 11.5 Å². The van der Waals surface area contributed by atoms with Gasteiger partial charge in [0.05, 0.1) is 13.7 Å². The van der Waals surface area contributed by atoms with Crippen molar-refractivity contribution < 1.29 is 19.4 Å². The van der Waals surface area contributed by atoms with Crippen molar-refractivity contribution in [3.8, 4) is 11.5 Å². The summed E-state index contributed by atoms with van der Waals surface area (Å²) in [5.41, 5.74) is 6.15. The molecule has 182 valence electrons. The van der Waals surface area contributed by atoms with Crippen LogP contribution in [0.1, 0.15) is 36.0 Å². The summed E-state index contributed by atoms with van der Waals surface area (Å²) in [6.07, 6.45) is 4.84. The van der Waals surface area contributed by atoms with Crippen LogP contribution in [0.25, 0.3) is 5.57 Å². The van der Waals surface area contributed by atoms with Gasteiger partial charge in [0.25, 0.3) is 0 Å². The molecule has 2 aliphatic rings. The first-order chi connectivity index (χ1) is 17.2. The number of benzene rings is 3. The zero-order chi connectivity index (χ0) is 24.6. The van der Waals surface area contributed by atoms with Gasteiger partial charge in [-0.1, -0.05) is 48.9 Å². The Kier molecular flexibility index (Phi) is 8.22. The van der Waals surface area contributed by atoms with Gasteiger partial charge < -0.3 is 19.5 Å². The summed E-state index contributed by atoms with van der Waals surface area (Å²) < 4.78 is 11.5. The summed E-state index contributed by atoms with van der Waals surface area (Å²) >= 11 is 0. The molecular weight excluding hydrogens is 438 g/mol. The maximum Gasteiger partial charge on any atom is 0.148 e. The Bertz CT molecular complexity index is 1180. The van der Waals surface area contributed by atoms with E-state index in [4.69, 9.17) is 14.6 Å². The van der Waals surface area contributed by atoms with Gasteiger partial charge in [-0.25, -0.2) is 0 Å². The highest BCUT2D eigenvalue weighted by molar-refractivity contribution is 6.00. The zero-order valence-electron chi connectivity index (χ0n) is 20.4. The van der Waals surface area contributed by atoms with Crippen LogP contribution in [-0.4, -0.2) is 38.8 Å². The fourth-order valence-corrected chi connectivity index (χ4v) is 4.69. The number of rotatable bonds is 8. The third-order valence-electron chi connectivity index (χ3n) is 6.68. The van der Waals surface area contributed by atoms with Gasteiger partial charge in [-0.3, -0.25) is 4.79 Å². The highest BCUT2D eigenvalue weighted by Gasteiger charge is 2.25. The minimum absolute atomic E-state index is 0.556. The van der Waals surface area contributed by atoms with Crippen LogP contribution in [0, 0.1) is 5.92 Å². The second-order valence-electron chi connectivity index (χ2n) is 8.88. The van der Waals surface area contributed by atoms with Crippen molar-refractivity contribution in [2.24, 2.45) is 5.92 Å². The number of anilines is 1. The number of nitrogens with zero attached hydrogens (tertiary/aromatic N) is 1. The normalized spacial score (nSPS) is 14.9. The Morgan fingerprint density at radius 3 is 2.49 bits per heavy atom. The largest absolute Gasteiger partial charge is 0.497 e. The van der Waals surface area contributed by atoms with Gasteiger partial charge in [-0.05, 0) is 65.8 Å². The lowest BCUT2D eigenvalue weighted by Gasteiger charge is -2.33. The molecule has 0 aromatic heterocycles. The molecule has 1 N–H and O–H groups in total. The number of carbonyl (C=O) groups excluding carboxylic acids is 1. The summed E-state index contributed by atoms with van der Waals surface area (Å²) in [6, 6.07) is 24.6. The molecule has 1 saturated carbocycles. The topological polar surface area (TPSA) is 59.0 Å². The molecule has 0 amide bonds. The maximum absolute atomic E-state index is 12.3. The number of hydrogen-bond acceptors (Lipinski definition) is 5. The third kappa shape index (κ3) is 5.57. The monoisotopic (exact) mass is 471 g/mol. The Balaban J connectivity index is 0.00000141.